The van der Waals surface area contributed by atoms with Gasteiger partial charge in [-0.3, -0.25) is 0 Å². The van der Waals surface area contributed by atoms with Gasteiger partial charge in [0.1, 0.15) is 6.17 Å². The van der Waals surface area contributed by atoms with E-state index in [9.17, 15) is 4.39 Å². The normalized spacial score (nSPS) is 33.1. The third-order valence-electron chi connectivity index (χ3n) is 1.38. The first kappa shape index (κ1) is 6.49. The number of hydrogen-bond acceptors (Lipinski definition) is 1. The van der Waals surface area contributed by atoms with Crippen LogP contribution in [0.4, 0.5) is 4.39 Å². The highest BCUT2D eigenvalue weighted by Gasteiger charge is 2.15. The Balaban J connectivity index is 2.55. The Kier molecular flexibility index (Phi) is 2.01. The molecule has 1 aliphatic carbocycles. The average molecular weight is 128 g/mol. The molecule has 0 amide bonds. The molecular formula is C7H9FO. The monoisotopic (exact) mass is 128 g/mol. The Morgan fingerprint density at radius 1 is 1.33 bits per heavy atom. The molecule has 1 nitrogen and oxygen atoms in total. The fourth-order valence-corrected chi connectivity index (χ4v) is 0.788. The molecule has 0 radical (unpaired) electrons. The number of halogens is 1. The summed E-state index contributed by atoms with van der Waals surface area (Å²) in [6.07, 6.45) is 5.51. The van der Waals surface area contributed by atoms with Gasteiger partial charge < -0.3 is 5.11 Å². The largest absolute Gasteiger partial charge is 0.396 e. The molecule has 0 bridgehead atoms. The number of allylic oxidation sites excluding steroid dienone is 3. The Bertz CT molecular complexity index is 140. The predicted octanol–water partition coefficient (Wildman–Crippen LogP) is 1.06. The highest BCUT2D eigenvalue weighted by molar-refractivity contribution is 5.14. The third kappa shape index (κ3) is 1.39. The zero-order chi connectivity index (χ0) is 6.69. The van der Waals surface area contributed by atoms with E-state index in [1.54, 1.807) is 18.2 Å². The summed E-state index contributed by atoms with van der Waals surface area (Å²) >= 11 is 0. The van der Waals surface area contributed by atoms with Crippen LogP contribution < -0.4 is 0 Å². The van der Waals surface area contributed by atoms with Gasteiger partial charge in [0.05, 0.1) is 6.61 Å². The SMILES string of the molecule is OCC1C=CC=CC1F. The van der Waals surface area contributed by atoms with Gasteiger partial charge in [0, 0.05) is 5.92 Å². The molecule has 0 heterocycles. The molecule has 0 aliphatic heterocycles. The summed E-state index contributed by atoms with van der Waals surface area (Å²) in [5, 5.41) is 8.54. The third-order valence-corrected chi connectivity index (χ3v) is 1.38. The zero-order valence-corrected chi connectivity index (χ0v) is 5.00. The number of alkyl halides is 1. The van der Waals surface area contributed by atoms with Gasteiger partial charge in [-0.15, -0.1) is 0 Å². The first-order valence-corrected chi connectivity index (χ1v) is 2.94. The molecule has 0 aromatic heterocycles. The molecule has 0 spiro atoms. The molecule has 1 N–H and O–H groups in total. The second-order valence-electron chi connectivity index (χ2n) is 2.06. The molecule has 0 saturated carbocycles. The number of aliphatic hydroxyl groups excluding tert-OH is 1. The van der Waals surface area contributed by atoms with Crippen molar-refractivity contribution in [1.29, 1.82) is 0 Å². The molecule has 0 saturated heterocycles. The molecular weight excluding hydrogens is 119 g/mol. The van der Waals surface area contributed by atoms with E-state index < -0.39 is 6.17 Å². The molecule has 1 rings (SSSR count). The van der Waals surface area contributed by atoms with Crippen molar-refractivity contribution in [3.8, 4) is 0 Å². The standard InChI is InChI=1S/C7H9FO/c8-7-4-2-1-3-6(7)5-9/h1-4,6-7,9H,5H2. The fourth-order valence-electron chi connectivity index (χ4n) is 0.788. The van der Waals surface area contributed by atoms with Crippen LogP contribution in [0.25, 0.3) is 0 Å². The van der Waals surface area contributed by atoms with Crippen molar-refractivity contribution in [2.24, 2.45) is 5.92 Å². The molecule has 2 heteroatoms. The van der Waals surface area contributed by atoms with Gasteiger partial charge in [-0.1, -0.05) is 24.3 Å². The van der Waals surface area contributed by atoms with E-state index >= 15 is 0 Å². The van der Waals surface area contributed by atoms with Gasteiger partial charge in [-0.05, 0) is 0 Å². The van der Waals surface area contributed by atoms with Crippen molar-refractivity contribution in [3.63, 3.8) is 0 Å². The molecule has 0 fully saturated rings. The van der Waals surface area contributed by atoms with Gasteiger partial charge in [0.25, 0.3) is 0 Å². The predicted molar refractivity (Wildman–Crippen MR) is 33.8 cm³/mol. The van der Waals surface area contributed by atoms with Crippen LogP contribution in [0.15, 0.2) is 24.3 Å². The molecule has 2 atom stereocenters. The molecule has 2 unspecified atom stereocenters. The minimum Gasteiger partial charge on any atom is -0.396 e. The Morgan fingerprint density at radius 3 is 2.44 bits per heavy atom. The van der Waals surface area contributed by atoms with Crippen molar-refractivity contribution in [1.82, 2.24) is 0 Å². The number of rotatable bonds is 1. The van der Waals surface area contributed by atoms with Gasteiger partial charge in [-0.25, -0.2) is 4.39 Å². The number of hydrogen-bond donors (Lipinski definition) is 1. The molecule has 0 aromatic carbocycles. The summed E-state index contributed by atoms with van der Waals surface area (Å²) in [7, 11) is 0. The van der Waals surface area contributed by atoms with Crippen LogP contribution in [-0.2, 0) is 0 Å². The number of aliphatic hydroxyl groups is 1. The second-order valence-corrected chi connectivity index (χ2v) is 2.06. The van der Waals surface area contributed by atoms with Crippen LogP contribution in [0.5, 0.6) is 0 Å². The lowest BCUT2D eigenvalue weighted by Gasteiger charge is -2.13. The van der Waals surface area contributed by atoms with Crippen LogP contribution in [0.2, 0.25) is 0 Å². The second kappa shape index (κ2) is 2.78. The van der Waals surface area contributed by atoms with Gasteiger partial charge >= 0.3 is 0 Å². The van der Waals surface area contributed by atoms with E-state index in [-0.39, 0.29) is 12.5 Å². The highest BCUT2D eigenvalue weighted by atomic mass is 19.1. The van der Waals surface area contributed by atoms with Gasteiger partial charge in [0.15, 0.2) is 0 Å². The van der Waals surface area contributed by atoms with Gasteiger partial charge in [-0.2, -0.15) is 0 Å². The summed E-state index contributed by atoms with van der Waals surface area (Å²) in [6.45, 7) is -0.109. The maximum atomic E-state index is 12.6. The van der Waals surface area contributed by atoms with Crippen LogP contribution in [0, 0.1) is 5.92 Å². The summed E-state index contributed by atoms with van der Waals surface area (Å²) in [6, 6.07) is 0. The summed E-state index contributed by atoms with van der Waals surface area (Å²) < 4.78 is 12.6. The minimum atomic E-state index is -1.00. The maximum absolute atomic E-state index is 12.6. The average Bonchev–Trinajstić information content (AvgIpc) is 1.89. The lowest BCUT2D eigenvalue weighted by Crippen LogP contribution is -2.16. The van der Waals surface area contributed by atoms with E-state index in [0.717, 1.165) is 0 Å². The topological polar surface area (TPSA) is 20.2 Å². The van der Waals surface area contributed by atoms with E-state index in [0.29, 0.717) is 0 Å². The van der Waals surface area contributed by atoms with Crippen molar-refractivity contribution in [3.05, 3.63) is 24.3 Å². The van der Waals surface area contributed by atoms with Crippen LogP contribution >= 0.6 is 0 Å². The van der Waals surface area contributed by atoms with E-state index in [1.165, 1.54) is 6.08 Å². The maximum Gasteiger partial charge on any atom is 0.127 e. The Hall–Kier alpha value is -0.630. The molecule has 0 aromatic rings. The van der Waals surface area contributed by atoms with Crippen molar-refractivity contribution >= 4 is 0 Å². The first-order valence-electron chi connectivity index (χ1n) is 2.94. The van der Waals surface area contributed by atoms with Crippen LogP contribution in [0.1, 0.15) is 0 Å². The quantitative estimate of drug-likeness (QED) is 0.559. The Morgan fingerprint density at radius 2 is 2.00 bits per heavy atom. The first-order chi connectivity index (χ1) is 4.34. The molecule has 50 valence electrons. The van der Waals surface area contributed by atoms with E-state index in [1.807, 2.05) is 0 Å². The highest BCUT2D eigenvalue weighted by Crippen LogP contribution is 2.14. The Labute approximate surface area is 53.5 Å². The lowest BCUT2D eigenvalue weighted by molar-refractivity contribution is 0.194. The molecule has 1 aliphatic rings. The zero-order valence-electron chi connectivity index (χ0n) is 5.00. The van der Waals surface area contributed by atoms with Crippen molar-refractivity contribution in [2.45, 2.75) is 6.17 Å². The van der Waals surface area contributed by atoms with Crippen molar-refractivity contribution in [2.75, 3.05) is 6.61 Å². The van der Waals surface area contributed by atoms with Crippen molar-refractivity contribution < 1.29 is 9.50 Å². The van der Waals surface area contributed by atoms with Gasteiger partial charge in [0.2, 0.25) is 0 Å². The summed E-state index contributed by atoms with van der Waals surface area (Å²) in [5.74, 6) is -0.324. The fraction of sp³-hybridized carbons (Fsp3) is 0.429. The smallest absolute Gasteiger partial charge is 0.127 e. The van der Waals surface area contributed by atoms with E-state index in [2.05, 4.69) is 0 Å². The summed E-state index contributed by atoms with van der Waals surface area (Å²) in [5.41, 5.74) is 0. The van der Waals surface area contributed by atoms with Crippen LogP contribution in [-0.4, -0.2) is 17.9 Å². The summed E-state index contributed by atoms with van der Waals surface area (Å²) in [4.78, 5) is 0. The lowest BCUT2D eigenvalue weighted by atomic mass is 10.0. The van der Waals surface area contributed by atoms with Crippen LogP contribution in [0.3, 0.4) is 0 Å². The van der Waals surface area contributed by atoms with E-state index in [4.69, 9.17) is 5.11 Å². The molecule has 9 heavy (non-hydrogen) atoms. The minimum absolute atomic E-state index is 0.109.